The lowest BCUT2D eigenvalue weighted by molar-refractivity contribution is 0.0681. The zero-order valence-electron chi connectivity index (χ0n) is 22.6. The lowest BCUT2D eigenvalue weighted by atomic mass is 9.89. The molecule has 39 heavy (non-hydrogen) atoms. The van der Waals surface area contributed by atoms with Gasteiger partial charge in [-0.2, -0.15) is 0 Å². The van der Waals surface area contributed by atoms with Crippen LogP contribution in [0.3, 0.4) is 0 Å². The third-order valence-corrected chi connectivity index (χ3v) is 7.79. The Morgan fingerprint density at radius 1 is 1.03 bits per heavy atom. The molecule has 1 aliphatic rings. The van der Waals surface area contributed by atoms with Gasteiger partial charge in [0, 0.05) is 12.1 Å². The topological polar surface area (TPSA) is 119 Å². The first-order valence-corrected chi connectivity index (χ1v) is 13.9. The summed E-state index contributed by atoms with van der Waals surface area (Å²) < 4.78 is 3.24. The van der Waals surface area contributed by atoms with Gasteiger partial charge in [-0.05, 0) is 64.6 Å². The second-order valence-corrected chi connectivity index (χ2v) is 11.0. The van der Waals surface area contributed by atoms with E-state index in [-0.39, 0.29) is 11.4 Å². The Labute approximate surface area is 227 Å². The molecule has 1 fully saturated rings. The second kappa shape index (κ2) is 11.8. The molecule has 0 spiro atoms. The number of aromatic nitrogens is 6. The van der Waals surface area contributed by atoms with Gasteiger partial charge in [0.15, 0.2) is 11.5 Å². The number of imidazole rings is 1. The molecule has 1 saturated carbocycles. The number of tetrazole rings is 1. The molecule has 2 aromatic carbocycles. The van der Waals surface area contributed by atoms with E-state index in [0.29, 0.717) is 42.9 Å². The van der Waals surface area contributed by atoms with Crippen LogP contribution in [0.15, 0.2) is 53.3 Å². The number of aromatic carboxylic acids is 1. The Kier molecular flexibility index (Phi) is 8.05. The van der Waals surface area contributed by atoms with E-state index in [1.54, 1.807) is 9.13 Å². The minimum absolute atomic E-state index is 0.164. The van der Waals surface area contributed by atoms with E-state index in [1.807, 2.05) is 48.5 Å². The van der Waals surface area contributed by atoms with E-state index < -0.39 is 5.97 Å². The van der Waals surface area contributed by atoms with E-state index in [9.17, 15) is 14.7 Å². The second-order valence-electron chi connectivity index (χ2n) is 11.0. The van der Waals surface area contributed by atoms with E-state index in [4.69, 9.17) is 0 Å². The molecule has 4 aromatic rings. The zero-order chi connectivity index (χ0) is 27.4. The molecule has 0 aliphatic heterocycles. The molecule has 2 heterocycles. The van der Waals surface area contributed by atoms with Crippen LogP contribution in [-0.2, 0) is 19.5 Å². The van der Waals surface area contributed by atoms with Crippen molar-refractivity contribution in [2.24, 2.45) is 11.8 Å². The van der Waals surface area contributed by atoms with Crippen LogP contribution in [0, 0.1) is 11.8 Å². The molecular formula is C30H36N6O3. The number of hydrogen-bond donors (Lipinski definition) is 2. The summed E-state index contributed by atoms with van der Waals surface area (Å²) in [5.74, 6) is 0.323. The van der Waals surface area contributed by atoms with E-state index >= 15 is 0 Å². The Morgan fingerprint density at radius 2 is 1.74 bits per heavy atom. The van der Waals surface area contributed by atoms with Gasteiger partial charge < -0.3 is 5.11 Å². The smallest absolute Gasteiger partial charge is 0.354 e. The summed E-state index contributed by atoms with van der Waals surface area (Å²) in [6, 6.07) is 15.9. The highest BCUT2D eigenvalue weighted by Crippen LogP contribution is 2.30. The van der Waals surface area contributed by atoms with Crippen LogP contribution in [0.25, 0.3) is 22.5 Å². The van der Waals surface area contributed by atoms with Gasteiger partial charge in [0.1, 0.15) is 0 Å². The number of nitrogens with one attached hydrogen (secondary N) is 1. The number of carboxylic acid groups (broad SMARTS) is 1. The Bertz CT molecular complexity index is 1460. The molecule has 0 unspecified atom stereocenters. The number of H-pyrrole nitrogens is 1. The number of rotatable bonds is 10. The van der Waals surface area contributed by atoms with E-state index in [1.165, 1.54) is 6.42 Å². The van der Waals surface area contributed by atoms with E-state index in [2.05, 4.69) is 34.5 Å². The van der Waals surface area contributed by atoms with Crippen molar-refractivity contribution in [2.75, 3.05) is 0 Å². The maximum absolute atomic E-state index is 13.7. The van der Waals surface area contributed by atoms with E-state index in [0.717, 1.165) is 54.4 Å². The van der Waals surface area contributed by atoms with Crippen LogP contribution >= 0.6 is 0 Å². The Balaban J connectivity index is 1.48. The standard InChI is InChI=1S/C30H36N6O3/c1-20(2)12-17-26-27(29(37)38)36(19-21-8-4-3-5-9-21)30(39)35(26)18-22-13-15-23(16-14-22)24-10-6-7-11-25(24)28-31-33-34-32-28/h6-7,10-11,13-16,20-21H,3-5,8-9,12,17-19H2,1-2H3,(H,37,38)(H,31,32,33,34). The van der Waals surface area contributed by atoms with Crippen molar-refractivity contribution in [1.29, 1.82) is 0 Å². The van der Waals surface area contributed by atoms with Crippen LogP contribution in [0.2, 0.25) is 0 Å². The molecule has 2 aromatic heterocycles. The van der Waals surface area contributed by atoms with Crippen molar-refractivity contribution >= 4 is 5.97 Å². The molecule has 9 nitrogen and oxygen atoms in total. The van der Waals surface area contributed by atoms with Crippen molar-refractivity contribution < 1.29 is 9.90 Å². The predicted molar refractivity (Wildman–Crippen MR) is 150 cm³/mol. The maximum Gasteiger partial charge on any atom is 0.354 e. The number of carbonyl (C=O) groups is 1. The van der Waals surface area contributed by atoms with Crippen LogP contribution in [0.4, 0.5) is 0 Å². The lowest BCUT2D eigenvalue weighted by Gasteiger charge is -2.22. The van der Waals surface area contributed by atoms with Crippen LogP contribution in [0.5, 0.6) is 0 Å². The first-order valence-electron chi connectivity index (χ1n) is 13.9. The molecule has 0 atom stereocenters. The fourth-order valence-electron chi connectivity index (χ4n) is 5.71. The molecular weight excluding hydrogens is 492 g/mol. The fraction of sp³-hybridized carbons (Fsp3) is 0.433. The molecule has 0 amide bonds. The van der Waals surface area contributed by atoms with Crippen molar-refractivity contribution in [3.8, 4) is 22.5 Å². The van der Waals surface area contributed by atoms with Crippen molar-refractivity contribution in [1.82, 2.24) is 29.8 Å². The lowest BCUT2D eigenvalue weighted by Crippen LogP contribution is -2.29. The average Bonchev–Trinajstić information content (AvgIpc) is 3.56. The predicted octanol–water partition coefficient (Wildman–Crippen LogP) is 5.41. The van der Waals surface area contributed by atoms with Gasteiger partial charge in [0.05, 0.1) is 12.2 Å². The summed E-state index contributed by atoms with van der Waals surface area (Å²) in [4.78, 5) is 26.2. The van der Waals surface area contributed by atoms with Gasteiger partial charge in [-0.3, -0.25) is 9.13 Å². The summed E-state index contributed by atoms with van der Waals surface area (Å²) >= 11 is 0. The SMILES string of the molecule is CC(C)CCc1c(C(=O)O)n(CC2CCCCC2)c(=O)n1Cc1ccc(-c2ccccc2-c2nnn[nH]2)cc1. The molecule has 5 rings (SSSR count). The summed E-state index contributed by atoms with van der Waals surface area (Å²) in [5, 5.41) is 24.5. The molecule has 1 aliphatic carbocycles. The van der Waals surface area contributed by atoms with Gasteiger partial charge in [-0.1, -0.05) is 81.6 Å². The van der Waals surface area contributed by atoms with Gasteiger partial charge in [0.2, 0.25) is 0 Å². The highest BCUT2D eigenvalue weighted by atomic mass is 16.4. The van der Waals surface area contributed by atoms with Gasteiger partial charge in [0.25, 0.3) is 0 Å². The molecule has 0 bridgehead atoms. The number of aromatic amines is 1. The summed E-state index contributed by atoms with van der Waals surface area (Å²) in [6.45, 7) is 5.05. The molecule has 2 N–H and O–H groups in total. The minimum Gasteiger partial charge on any atom is -0.477 e. The van der Waals surface area contributed by atoms with Crippen molar-refractivity contribution in [3.63, 3.8) is 0 Å². The molecule has 9 heteroatoms. The highest BCUT2D eigenvalue weighted by Gasteiger charge is 2.27. The fourth-order valence-corrected chi connectivity index (χ4v) is 5.71. The number of nitrogens with zero attached hydrogens (tertiary/aromatic N) is 5. The first-order chi connectivity index (χ1) is 18.9. The third-order valence-electron chi connectivity index (χ3n) is 7.79. The highest BCUT2D eigenvalue weighted by molar-refractivity contribution is 5.87. The monoisotopic (exact) mass is 528 g/mol. The molecule has 0 saturated heterocycles. The summed E-state index contributed by atoms with van der Waals surface area (Å²) in [5.41, 5.74) is 4.40. The Hall–Kier alpha value is -4.01. The normalized spacial score (nSPS) is 14.2. The maximum atomic E-state index is 13.7. The van der Waals surface area contributed by atoms with Crippen molar-refractivity contribution in [3.05, 3.63) is 76.0 Å². The molecule has 204 valence electrons. The van der Waals surface area contributed by atoms with Gasteiger partial charge >= 0.3 is 11.7 Å². The zero-order valence-corrected chi connectivity index (χ0v) is 22.6. The third kappa shape index (κ3) is 5.87. The molecule has 0 radical (unpaired) electrons. The first kappa shape index (κ1) is 26.6. The minimum atomic E-state index is -1.02. The summed E-state index contributed by atoms with van der Waals surface area (Å²) in [7, 11) is 0. The van der Waals surface area contributed by atoms with Gasteiger partial charge in [-0.15, -0.1) is 5.10 Å². The Morgan fingerprint density at radius 3 is 2.38 bits per heavy atom. The van der Waals surface area contributed by atoms with Crippen LogP contribution in [0.1, 0.15) is 74.1 Å². The average molecular weight is 529 g/mol. The van der Waals surface area contributed by atoms with Crippen molar-refractivity contribution in [2.45, 2.75) is 71.9 Å². The van der Waals surface area contributed by atoms with Crippen LogP contribution in [-0.4, -0.2) is 40.8 Å². The summed E-state index contributed by atoms with van der Waals surface area (Å²) in [6.07, 6.45) is 6.97. The van der Waals surface area contributed by atoms with Gasteiger partial charge in [-0.25, -0.2) is 14.7 Å². The largest absolute Gasteiger partial charge is 0.477 e. The number of benzene rings is 2. The number of hydrogen-bond acceptors (Lipinski definition) is 5. The van der Waals surface area contributed by atoms with Crippen LogP contribution < -0.4 is 5.69 Å². The number of carboxylic acids is 1. The quantitative estimate of drug-likeness (QED) is 0.284.